The van der Waals surface area contributed by atoms with Gasteiger partial charge in [0, 0.05) is 17.3 Å². The number of amides is 1. The van der Waals surface area contributed by atoms with Crippen molar-refractivity contribution in [3.63, 3.8) is 0 Å². The average Bonchev–Trinajstić information content (AvgIpc) is 2.81. The van der Waals surface area contributed by atoms with Crippen LogP contribution in [0.25, 0.3) is 10.9 Å². The standard InChI is InChI=1S/C25H22FN3O3S/c1-17-12-13-20(16-21(17)26)28-25(30)22(15-18-7-3-2-4-8-18)29-33(31,32)23-11-5-9-19-10-6-14-27-24(19)23/h2-14,16,22,29H,15H2,1H3,(H,28,30)/t22-/m1/s1. The lowest BCUT2D eigenvalue weighted by Crippen LogP contribution is -2.45. The zero-order valence-corrected chi connectivity index (χ0v) is 18.6. The monoisotopic (exact) mass is 463 g/mol. The maximum Gasteiger partial charge on any atom is 0.243 e. The Morgan fingerprint density at radius 3 is 2.52 bits per heavy atom. The number of aryl methyl sites for hydroxylation is 1. The normalized spacial score (nSPS) is 12.4. The van der Waals surface area contributed by atoms with Gasteiger partial charge >= 0.3 is 0 Å². The first-order chi connectivity index (χ1) is 15.8. The molecule has 1 amide bonds. The van der Waals surface area contributed by atoms with Crippen molar-refractivity contribution in [1.82, 2.24) is 9.71 Å². The van der Waals surface area contributed by atoms with E-state index in [1.54, 1.807) is 55.5 Å². The van der Waals surface area contributed by atoms with Gasteiger partial charge < -0.3 is 5.32 Å². The number of pyridine rings is 1. The lowest BCUT2D eigenvalue weighted by molar-refractivity contribution is -0.117. The van der Waals surface area contributed by atoms with Crippen LogP contribution in [0.5, 0.6) is 0 Å². The third kappa shape index (κ3) is 5.24. The number of anilines is 1. The molecule has 1 atom stereocenters. The van der Waals surface area contributed by atoms with Crippen molar-refractivity contribution in [3.05, 3.63) is 102 Å². The predicted molar refractivity (Wildman–Crippen MR) is 126 cm³/mol. The van der Waals surface area contributed by atoms with Gasteiger partial charge in [-0.15, -0.1) is 0 Å². The van der Waals surface area contributed by atoms with E-state index in [0.717, 1.165) is 5.56 Å². The summed E-state index contributed by atoms with van der Waals surface area (Å²) in [6.45, 7) is 1.62. The maximum atomic E-state index is 13.9. The number of hydrogen-bond donors (Lipinski definition) is 2. The Balaban J connectivity index is 1.66. The zero-order valence-electron chi connectivity index (χ0n) is 17.8. The summed E-state index contributed by atoms with van der Waals surface area (Å²) < 4.78 is 43.1. The first-order valence-corrected chi connectivity index (χ1v) is 11.8. The van der Waals surface area contributed by atoms with Gasteiger partial charge in [-0.3, -0.25) is 9.78 Å². The van der Waals surface area contributed by atoms with Crippen LogP contribution in [0.3, 0.4) is 0 Å². The molecule has 0 saturated heterocycles. The fraction of sp³-hybridized carbons (Fsp3) is 0.120. The minimum absolute atomic E-state index is 0.0205. The van der Waals surface area contributed by atoms with E-state index >= 15 is 0 Å². The molecule has 0 aliphatic heterocycles. The number of benzene rings is 3. The Morgan fingerprint density at radius 1 is 1.00 bits per heavy atom. The van der Waals surface area contributed by atoms with E-state index in [4.69, 9.17) is 0 Å². The second-order valence-corrected chi connectivity index (χ2v) is 9.33. The number of sulfonamides is 1. The summed E-state index contributed by atoms with van der Waals surface area (Å²) in [5.41, 5.74) is 1.77. The highest BCUT2D eigenvalue weighted by atomic mass is 32.2. The molecule has 0 aliphatic carbocycles. The van der Waals surface area contributed by atoms with Crippen LogP contribution in [0.15, 0.2) is 90.0 Å². The van der Waals surface area contributed by atoms with E-state index in [1.165, 1.54) is 18.3 Å². The second-order valence-electron chi connectivity index (χ2n) is 7.65. The summed E-state index contributed by atoms with van der Waals surface area (Å²) in [5.74, 6) is -1.06. The molecule has 3 aromatic carbocycles. The lowest BCUT2D eigenvalue weighted by Gasteiger charge is -2.19. The molecule has 1 heterocycles. The Kier molecular flexibility index (Phi) is 6.48. The summed E-state index contributed by atoms with van der Waals surface area (Å²) in [5, 5.41) is 3.29. The largest absolute Gasteiger partial charge is 0.325 e. The third-order valence-corrected chi connectivity index (χ3v) is 6.72. The molecule has 0 fully saturated rings. The second kappa shape index (κ2) is 9.48. The van der Waals surface area contributed by atoms with Crippen LogP contribution in [0.4, 0.5) is 10.1 Å². The minimum Gasteiger partial charge on any atom is -0.325 e. The Labute approximate surface area is 191 Å². The van der Waals surface area contributed by atoms with Gasteiger partial charge in [0.15, 0.2) is 0 Å². The molecule has 0 saturated carbocycles. The number of carbonyl (C=O) groups excluding carboxylic acids is 1. The van der Waals surface area contributed by atoms with Gasteiger partial charge in [-0.1, -0.05) is 54.6 Å². The van der Waals surface area contributed by atoms with Crippen LogP contribution >= 0.6 is 0 Å². The summed E-state index contributed by atoms with van der Waals surface area (Å²) in [4.78, 5) is 17.3. The maximum absolute atomic E-state index is 13.9. The van der Waals surface area contributed by atoms with E-state index < -0.39 is 27.8 Å². The molecule has 2 N–H and O–H groups in total. The molecular formula is C25H22FN3O3S. The van der Waals surface area contributed by atoms with Gasteiger partial charge in [0.25, 0.3) is 0 Å². The molecule has 168 valence electrons. The highest BCUT2D eigenvalue weighted by Crippen LogP contribution is 2.22. The number of carbonyl (C=O) groups is 1. The molecule has 8 heteroatoms. The molecule has 0 aliphatic rings. The van der Waals surface area contributed by atoms with Gasteiger partial charge in [0.2, 0.25) is 15.9 Å². The van der Waals surface area contributed by atoms with Crippen molar-refractivity contribution >= 4 is 32.5 Å². The molecule has 4 aromatic rings. The van der Waals surface area contributed by atoms with E-state index in [-0.39, 0.29) is 17.0 Å². The summed E-state index contributed by atoms with van der Waals surface area (Å²) in [6.07, 6.45) is 1.62. The zero-order chi connectivity index (χ0) is 23.4. The number of fused-ring (bicyclic) bond motifs is 1. The van der Waals surface area contributed by atoms with E-state index in [0.29, 0.717) is 16.5 Å². The highest BCUT2D eigenvalue weighted by Gasteiger charge is 2.28. The molecule has 1 aromatic heterocycles. The fourth-order valence-corrected chi connectivity index (χ4v) is 4.86. The number of halogens is 1. The van der Waals surface area contributed by atoms with Crippen LogP contribution in [-0.4, -0.2) is 25.4 Å². The fourth-order valence-electron chi connectivity index (χ4n) is 3.48. The number of nitrogens with one attached hydrogen (secondary N) is 2. The van der Waals surface area contributed by atoms with Gasteiger partial charge in [0.05, 0.1) is 5.52 Å². The van der Waals surface area contributed by atoms with Crippen LogP contribution in [0.1, 0.15) is 11.1 Å². The summed E-state index contributed by atoms with van der Waals surface area (Å²) in [7, 11) is -4.11. The van der Waals surface area contributed by atoms with Crippen molar-refractivity contribution < 1.29 is 17.6 Å². The minimum atomic E-state index is -4.11. The molecule has 0 radical (unpaired) electrons. The lowest BCUT2D eigenvalue weighted by atomic mass is 10.1. The van der Waals surface area contributed by atoms with Gasteiger partial charge in [-0.25, -0.2) is 12.8 Å². The van der Waals surface area contributed by atoms with Crippen molar-refractivity contribution in [1.29, 1.82) is 0 Å². The first kappa shape index (κ1) is 22.6. The topological polar surface area (TPSA) is 88.2 Å². The average molecular weight is 464 g/mol. The Hall–Kier alpha value is -3.62. The summed E-state index contributed by atoms with van der Waals surface area (Å²) in [6, 6.07) is 20.6. The first-order valence-electron chi connectivity index (χ1n) is 10.3. The van der Waals surface area contributed by atoms with Crippen LogP contribution in [-0.2, 0) is 21.2 Å². The third-order valence-electron chi connectivity index (χ3n) is 5.22. The van der Waals surface area contributed by atoms with Gasteiger partial charge in [-0.05, 0) is 48.7 Å². The quantitative estimate of drug-likeness (QED) is 0.430. The number of nitrogens with zero attached hydrogens (tertiary/aromatic N) is 1. The SMILES string of the molecule is Cc1ccc(NC(=O)[C@@H](Cc2ccccc2)NS(=O)(=O)c2cccc3cccnc23)cc1F. The van der Waals surface area contributed by atoms with Crippen LogP contribution in [0, 0.1) is 12.7 Å². The number of hydrogen-bond acceptors (Lipinski definition) is 4. The van der Waals surface area contributed by atoms with Gasteiger partial charge in [0.1, 0.15) is 16.8 Å². The highest BCUT2D eigenvalue weighted by molar-refractivity contribution is 7.89. The van der Waals surface area contributed by atoms with Crippen molar-refractivity contribution in [2.75, 3.05) is 5.32 Å². The van der Waals surface area contributed by atoms with Gasteiger partial charge in [-0.2, -0.15) is 4.72 Å². The van der Waals surface area contributed by atoms with Crippen molar-refractivity contribution in [3.8, 4) is 0 Å². The van der Waals surface area contributed by atoms with Crippen molar-refractivity contribution in [2.24, 2.45) is 0 Å². The molecular weight excluding hydrogens is 441 g/mol. The molecule has 4 rings (SSSR count). The Morgan fingerprint density at radius 2 is 1.76 bits per heavy atom. The molecule has 33 heavy (non-hydrogen) atoms. The smallest absolute Gasteiger partial charge is 0.243 e. The predicted octanol–water partition coefficient (Wildman–Crippen LogP) is 4.21. The van der Waals surface area contributed by atoms with E-state index in [9.17, 15) is 17.6 Å². The van der Waals surface area contributed by atoms with Crippen LogP contribution < -0.4 is 10.0 Å². The molecule has 0 bridgehead atoms. The molecule has 0 spiro atoms. The molecule has 0 unspecified atom stereocenters. The number of para-hydroxylation sites is 1. The van der Waals surface area contributed by atoms with E-state index in [2.05, 4.69) is 15.0 Å². The summed E-state index contributed by atoms with van der Waals surface area (Å²) >= 11 is 0. The molecule has 6 nitrogen and oxygen atoms in total. The number of rotatable bonds is 7. The Bertz CT molecular complexity index is 1400. The van der Waals surface area contributed by atoms with Crippen LogP contribution in [0.2, 0.25) is 0 Å². The van der Waals surface area contributed by atoms with Crippen molar-refractivity contribution in [2.45, 2.75) is 24.3 Å². The number of aromatic nitrogens is 1. The van der Waals surface area contributed by atoms with E-state index in [1.807, 2.05) is 18.2 Å².